The van der Waals surface area contributed by atoms with Gasteiger partial charge in [0.1, 0.15) is 17.5 Å². The lowest BCUT2D eigenvalue weighted by molar-refractivity contribution is -0.567. The Labute approximate surface area is 131 Å². The van der Waals surface area contributed by atoms with Crippen LogP contribution in [-0.2, 0) is 4.74 Å². The van der Waals surface area contributed by atoms with E-state index in [9.17, 15) is 19.8 Å². The quantitative estimate of drug-likeness (QED) is 0.642. The van der Waals surface area contributed by atoms with Gasteiger partial charge in [-0.25, -0.2) is 4.39 Å². The molecule has 0 amide bonds. The average Bonchev–Trinajstić information content (AvgIpc) is 2.96. The highest BCUT2D eigenvalue weighted by atomic mass is 19.1. The Morgan fingerprint density at radius 2 is 1.78 bits per heavy atom. The molecule has 0 aromatic heterocycles. The van der Waals surface area contributed by atoms with E-state index in [1.807, 2.05) is 6.07 Å². The molecule has 1 heterocycles. The molecule has 0 saturated carbocycles. The van der Waals surface area contributed by atoms with Gasteiger partial charge >= 0.3 is 6.23 Å². The van der Waals surface area contributed by atoms with Gasteiger partial charge in [-0.15, -0.1) is 0 Å². The number of hydrogen-bond acceptors (Lipinski definition) is 4. The van der Waals surface area contributed by atoms with Crippen LogP contribution in [0.15, 0.2) is 60.2 Å². The van der Waals surface area contributed by atoms with E-state index in [0.29, 0.717) is 11.1 Å². The second-order valence-electron chi connectivity index (χ2n) is 5.04. The molecule has 0 fully saturated rings. The Bertz CT molecular complexity index is 810. The third-order valence-corrected chi connectivity index (χ3v) is 3.67. The summed E-state index contributed by atoms with van der Waals surface area (Å²) in [7, 11) is 0. The molecule has 0 radical (unpaired) electrons. The summed E-state index contributed by atoms with van der Waals surface area (Å²) in [6.45, 7) is 0. The molecule has 2 aromatic rings. The van der Waals surface area contributed by atoms with Gasteiger partial charge in [0, 0.05) is 5.56 Å². The van der Waals surface area contributed by atoms with Crippen LogP contribution in [0.2, 0.25) is 0 Å². The number of halogens is 1. The first-order valence-corrected chi connectivity index (χ1v) is 6.87. The van der Waals surface area contributed by atoms with E-state index in [0.717, 1.165) is 0 Å². The molecule has 3 rings (SSSR count). The van der Waals surface area contributed by atoms with Crippen LogP contribution in [0.4, 0.5) is 4.39 Å². The van der Waals surface area contributed by atoms with Crippen LogP contribution in [0.3, 0.4) is 0 Å². The molecule has 1 aliphatic rings. The highest BCUT2D eigenvalue weighted by molar-refractivity contribution is 5.71. The lowest BCUT2D eigenvalue weighted by Gasteiger charge is -2.12. The van der Waals surface area contributed by atoms with Crippen molar-refractivity contribution in [1.29, 1.82) is 5.26 Å². The van der Waals surface area contributed by atoms with Crippen molar-refractivity contribution in [2.45, 2.75) is 12.1 Å². The maximum Gasteiger partial charge on any atom is 0.365 e. The molecule has 0 bridgehead atoms. The predicted octanol–water partition coefficient (Wildman–Crippen LogP) is 3.48. The number of nitrogens with zero attached hydrogens (tertiary/aromatic N) is 2. The fourth-order valence-electron chi connectivity index (χ4n) is 2.64. The molecule has 0 aliphatic carbocycles. The van der Waals surface area contributed by atoms with Crippen LogP contribution >= 0.6 is 0 Å². The summed E-state index contributed by atoms with van der Waals surface area (Å²) in [4.78, 5) is 10.8. The highest BCUT2D eigenvalue weighted by Gasteiger charge is 2.46. The van der Waals surface area contributed by atoms with Gasteiger partial charge in [0.15, 0.2) is 0 Å². The normalized spacial score (nSPS) is 20.0. The Balaban J connectivity index is 2.13. The number of benzene rings is 2. The van der Waals surface area contributed by atoms with Crippen LogP contribution < -0.4 is 0 Å². The summed E-state index contributed by atoms with van der Waals surface area (Å²) in [6.07, 6.45) is -1.41. The smallest absolute Gasteiger partial charge is 0.365 e. The van der Waals surface area contributed by atoms with E-state index < -0.39 is 22.9 Å². The number of rotatable bonds is 3. The molecule has 23 heavy (non-hydrogen) atoms. The summed E-state index contributed by atoms with van der Waals surface area (Å²) in [5, 5.41) is 20.9. The minimum Gasteiger partial charge on any atom is -0.427 e. The molecule has 0 spiro atoms. The number of ether oxygens (including phenoxy) is 1. The van der Waals surface area contributed by atoms with Gasteiger partial charge in [0.25, 0.3) is 0 Å². The van der Waals surface area contributed by atoms with Crippen molar-refractivity contribution in [3.8, 4) is 6.07 Å². The highest BCUT2D eigenvalue weighted by Crippen LogP contribution is 2.42. The van der Waals surface area contributed by atoms with Crippen LogP contribution in [0, 0.1) is 27.3 Å². The zero-order valence-electron chi connectivity index (χ0n) is 11.8. The molecule has 0 saturated heterocycles. The first-order chi connectivity index (χ1) is 11.1. The van der Waals surface area contributed by atoms with Crippen molar-refractivity contribution in [2.75, 3.05) is 0 Å². The van der Waals surface area contributed by atoms with E-state index >= 15 is 0 Å². The number of nitriles is 1. The van der Waals surface area contributed by atoms with Crippen LogP contribution in [0.25, 0.3) is 5.76 Å². The second-order valence-corrected chi connectivity index (χ2v) is 5.04. The maximum atomic E-state index is 13.1. The van der Waals surface area contributed by atoms with Gasteiger partial charge in [-0.05, 0) is 17.7 Å². The van der Waals surface area contributed by atoms with Crippen molar-refractivity contribution in [3.05, 3.63) is 87.2 Å². The SMILES string of the molecule is N#CC1=C(c2ccccc2)O[C@H]([N+](=O)[O-])[C@H]1c1ccc(F)cc1. The van der Waals surface area contributed by atoms with Crippen molar-refractivity contribution in [2.24, 2.45) is 0 Å². The molecule has 6 heteroatoms. The van der Waals surface area contributed by atoms with E-state index in [1.165, 1.54) is 24.3 Å². The van der Waals surface area contributed by atoms with Gasteiger partial charge in [-0.2, -0.15) is 5.26 Å². The van der Waals surface area contributed by atoms with E-state index in [2.05, 4.69) is 0 Å². The fourth-order valence-corrected chi connectivity index (χ4v) is 2.64. The van der Waals surface area contributed by atoms with E-state index in [-0.39, 0.29) is 11.3 Å². The summed E-state index contributed by atoms with van der Waals surface area (Å²) in [5.74, 6) is -1.12. The molecule has 0 N–H and O–H groups in total. The average molecular weight is 310 g/mol. The number of hydrogen-bond donors (Lipinski definition) is 0. The Hall–Kier alpha value is -3.20. The second kappa shape index (κ2) is 5.89. The topological polar surface area (TPSA) is 76.2 Å². The third kappa shape index (κ3) is 2.64. The lowest BCUT2D eigenvalue weighted by Crippen LogP contribution is -2.26. The molecular formula is C17H11FN2O3. The Kier molecular flexibility index (Phi) is 3.77. The van der Waals surface area contributed by atoms with Crippen molar-refractivity contribution < 1.29 is 14.1 Å². The van der Waals surface area contributed by atoms with Crippen LogP contribution in [0.1, 0.15) is 17.0 Å². The largest absolute Gasteiger partial charge is 0.427 e. The molecule has 2 atom stereocenters. The summed E-state index contributed by atoms with van der Waals surface area (Å²) >= 11 is 0. The minimum absolute atomic E-state index is 0.171. The molecule has 2 aromatic carbocycles. The maximum absolute atomic E-state index is 13.1. The Morgan fingerprint density at radius 1 is 1.13 bits per heavy atom. The summed E-state index contributed by atoms with van der Waals surface area (Å²) < 4.78 is 18.6. The molecule has 1 aliphatic heterocycles. The molecule has 5 nitrogen and oxygen atoms in total. The van der Waals surface area contributed by atoms with Crippen LogP contribution in [-0.4, -0.2) is 11.2 Å². The molecule has 0 unspecified atom stereocenters. The molecule has 114 valence electrons. The van der Waals surface area contributed by atoms with E-state index in [1.54, 1.807) is 30.3 Å². The lowest BCUT2D eigenvalue weighted by atomic mass is 9.90. The zero-order valence-corrected chi connectivity index (χ0v) is 11.8. The van der Waals surface area contributed by atoms with Crippen molar-refractivity contribution in [3.63, 3.8) is 0 Å². The minimum atomic E-state index is -1.41. The fraction of sp³-hybridized carbons (Fsp3) is 0.118. The van der Waals surface area contributed by atoms with Crippen molar-refractivity contribution >= 4 is 5.76 Å². The molecular weight excluding hydrogens is 299 g/mol. The van der Waals surface area contributed by atoms with Gasteiger partial charge in [0.05, 0.1) is 16.6 Å². The predicted molar refractivity (Wildman–Crippen MR) is 80.0 cm³/mol. The first-order valence-electron chi connectivity index (χ1n) is 6.87. The zero-order chi connectivity index (χ0) is 16.4. The van der Waals surface area contributed by atoms with Gasteiger partial charge < -0.3 is 4.74 Å². The van der Waals surface area contributed by atoms with Crippen LogP contribution in [0.5, 0.6) is 0 Å². The van der Waals surface area contributed by atoms with Gasteiger partial charge in [-0.3, -0.25) is 10.1 Å². The van der Waals surface area contributed by atoms with Gasteiger partial charge in [-0.1, -0.05) is 42.5 Å². The number of nitro groups is 1. The van der Waals surface area contributed by atoms with Gasteiger partial charge in [0.2, 0.25) is 0 Å². The third-order valence-electron chi connectivity index (χ3n) is 3.67. The standard InChI is InChI=1S/C17H11FN2O3/c18-13-8-6-11(7-9-13)15-14(10-19)16(23-17(15)20(21)22)12-4-2-1-3-5-12/h1-9,15,17H/t15-,17-/m0/s1. The van der Waals surface area contributed by atoms with E-state index in [4.69, 9.17) is 4.74 Å². The Morgan fingerprint density at radius 3 is 2.35 bits per heavy atom. The van der Waals surface area contributed by atoms with Crippen molar-refractivity contribution in [1.82, 2.24) is 0 Å². The monoisotopic (exact) mass is 310 g/mol. The summed E-state index contributed by atoms with van der Waals surface area (Å²) in [6, 6.07) is 16.1. The first kappa shape index (κ1) is 14.7. The summed E-state index contributed by atoms with van der Waals surface area (Å²) in [5.41, 5.74) is 1.24.